The van der Waals surface area contributed by atoms with E-state index in [1.807, 2.05) is 45.3 Å². The molecule has 0 atom stereocenters. The fourth-order valence-electron chi connectivity index (χ4n) is 12.9. The molecule has 0 radical (unpaired) electrons. The molecular weight excluding hydrogens is 1100 g/mol. The number of para-hydroxylation sites is 4. The van der Waals surface area contributed by atoms with Crippen LogP contribution in [0.4, 0.5) is 65.5 Å². The largest absolute Gasteiger partial charge is 0.301 e. The van der Waals surface area contributed by atoms with E-state index in [0.717, 1.165) is 45.5 Å². The maximum Gasteiger partial charge on any atom is 0.104 e. The van der Waals surface area contributed by atoms with Crippen molar-refractivity contribution in [2.24, 2.45) is 0 Å². The third-order valence-electron chi connectivity index (χ3n) is 16.9. The smallest absolute Gasteiger partial charge is 0.104 e. The lowest BCUT2D eigenvalue weighted by molar-refractivity contribution is 1.28. The average Bonchev–Trinajstić information content (AvgIpc) is 0.875. The Hall–Kier alpha value is -9.28. The predicted molar refractivity (Wildman–Crippen MR) is 369 cm³/mol. The van der Waals surface area contributed by atoms with Gasteiger partial charge in [-0.3, -0.25) is 0 Å². The minimum absolute atomic E-state index is 1.10. The molecule has 4 nitrogen and oxygen atoms in total. The van der Waals surface area contributed by atoms with Gasteiger partial charge in [0.05, 0.1) is 22.7 Å². The van der Waals surface area contributed by atoms with E-state index in [2.05, 4.69) is 302 Å². The summed E-state index contributed by atoms with van der Waals surface area (Å²) in [7, 11) is 0. The van der Waals surface area contributed by atoms with Crippen molar-refractivity contribution in [3.63, 3.8) is 0 Å². The Balaban J connectivity index is 1.11. The van der Waals surface area contributed by atoms with Crippen LogP contribution in [0.15, 0.2) is 255 Å². The second kappa shape index (κ2) is 20.3. The van der Waals surface area contributed by atoms with E-state index < -0.39 is 0 Å². The van der Waals surface area contributed by atoms with E-state index in [9.17, 15) is 0 Å². The van der Waals surface area contributed by atoms with E-state index in [0.29, 0.717) is 0 Å². The summed E-state index contributed by atoms with van der Waals surface area (Å²) in [6.45, 7) is 9.22. The van der Waals surface area contributed by atoms with Gasteiger partial charge in [-0.15, -0.1) is 45.3 Å². The second-order valence-corrected chi connectivity index (χ2v) is 25.8. The molecule has 0 N–H and O–H groups in total. The third kappa shape index (κ3) is 7.96. The van der Waals surface area contributed by atoms with Gasteiger partial charge in [-0.2, -0.15) is 0 Å². The van der Waals surface area contributed by atoms with Crippen molar-refractivity contribution in [2.45, 2.75) is 27.7 Å². The lowest BCUT2D eigenvalue weighted by Crippen LogP contribution is -2.15. The van der Waals surface area contributed by atoms with E-state index in [4.69, 9.17) is 0 Å². The Morgan fingerprint density at radius 1 is 0.214 bits per heavy atom. The van der Waals surface area contributed by atoms with Gasteiger partial charge in [0.25, 0.3) is 0 Å². The molecule has 12 aromatic carbocycles. The molecule has 4 heterocycles. The lowest BCUT2D eigenvalue weighted by Gasteiger charge is -2.34. The number of benzene rings is 12. The Bertz CT molecular complexity index is 4520. The fraction of sp³-hybridized carbons (Fsp3) is 0.0526. The molecule has 0 spiro atoms. The second-order valence-electron chi connectivity index (χ2n) is 21.7. The van der Waals surface area contributed by atoms with Crippen molar-refractivity contribution in [2.75, 3.05) is 19.6 Å². The molecular formula is C76H54N4S4. The van der Waals surface area contributed by atoms with Crippen LogP contribution in [0.1, 0.15) is 22.3 Å². The molecule has 0 aliphatic rings. The molecule has 0 amide bonds. The van der Waals surface area contributed by atoms with Gasteiger partial charge in [-0.1, -0.05) is 170 Å². The molecule has 0 unspecified atom stereocenters. The van der Waals surface area contributed by atoms with Gasteiger partial charge in [0.15, 0.2) is 0 Å². The van der Waals surface area contributed by atoms with E-state index in [1.165, 1.54) is 115 Å². The Morgan fingerprint density at radius 2 is 0.417 bits per heavy atom. The van der Waals surface area contributed by atoms with Crippen molar-refractivity contribution in [1.82, 2.24) is 0 Å². The summed E-state index contributed by atoms with van der Waals surface area (Å²) in [6.07, 6.45) is 0. The Labute approximate surface area is 504 Å². The molecule has 16 aromatic rings. The molecule has 0 saturated carbocycles. The van der Waals surface area contributed by atoms with Crippen LogP contribution in [0, 0.1) is 27.7 Å². The monoisotopic (exact) mass is 1150 g/mol. The maximum absolute atomic E-state index is 2.56. The van der Waals surface area contributed by atoms with Gasteiger partial charge in [0.2, 0.25) is 0 Å². The third-order valence-corrected chi connectivity index (χ3v) is 22.0. The molecule has 4 aromatic heterocycles. The molecule has 0 fully saturated rings. The Kier molecular flexibility index (Phi) is 12.2. The summed E-state index contributed by atoms with van der Waals surface area (Å²) in [4.78, 5) is 10.2. The first-order valence-corrected chi connectivity index (χ1v) is 31.8. The first kappa shape index (κ1) is 50.4. The summed E-state index contributed by atoms with van der Waals surface area (Å²) < 4.78 is 5.06. The van der Waals surface area contributed by atoms with Crippen molar-refractivity contribution in [1.29, 1.82) is 0 Å². The number of anilines is 12. The van der Waals surface area contributed by atoms with E-state index in [1.54, 1.807) is 0 Å². The van der Waals surface area contributed by atoms with Crippen molar-refractivity contribution in [3.05, 3.63) is 277 Å². The summed E-state index contributed by atoms with van der Waals surface area (Å²) in [5.41, 5.74) is 13.9. The molecule has 0 aliphatic carbocycles. The van der Waals surface area contributed by atoms with Crippen LogP contribution in [-0.4, -0.2) is 0 Å². The quantitative estimate of drug-likeness (QED) is 0.113. The molecule has 0 bridgehead atoms. The first-order chi connectivity index (χ1) is 41.4. The number of hydrogen-bond acceptors (Lipinski definition) is 8. The van der Waals surface area contributed by atoms with Crippen molar-refractivity contribution >= 4 is 184 Å². The van der Waals surface area contributed by atoms with Crippen LogP contribution in [0.25, 0.3) is 72.7 Å². The van der Waals surface area contributed by atoms with Crippen LogP contribution in [0.2, 0.25) is 0 Å². The van der Waals surface area contributed by atoms with Gasteiger partial charge in [0.1, 0.15) is 20.0 Å². The van der Waals surface area contributed by atoms with Crippen molar-refractivity contribution in [3.8, 4) is 0 Å². The minimum Gasteiger partial charge on any atom is -0.301 e. The van der Waals surface area contributed by atoms with Crippen LogP contribution in [0.5, 0.6) is 0 Å². The van der Waals surface area contributed by atoms with Gasteiger partial charge in [-0.25, -0.2) is 0 Å². The van der Waals surface area contributed by atoms with Crippen molar-refractivity contribution < 1.29 is 0 Å². The van der Waals surface area contributed by atoms with Gasteiger partial charge < -0.3 is 19.6 Å². The first-order valence-electron chi connectivity index (χ1n) is 28.5. The number of hydrogen-bond donors (Lipinski definition) is 0. The summed E-state index contributed by atoms with van der Waals surface area (Å²) in [5, 5.41) is 17.0. The Morgan fingerprint density at radius 3 is 0.631 bits per heavy atom. The van der Waals surface area contributed by atoms with Crippen LogP contribution in [0.3, 0.4) is 0 Å². The topological polar surface area (TPSA) is 13.0 Å². The molecule has 16 rings (SSSR count). The highest BCUT2D eigenvalue weighted by molar-refractivity contribution is 7.24. The molecule has 0 aliphatic heterocycles. The normalized spacial score (nSPS) is 11.8. The van der Waals surface area contributed by atoms with Gasteiger partial charge in [0, 0.05) is 73.9 Å². The van der Waals surface area contributed by atoms with Gasteiger partial charge >= 0.3 is 0 Å². The maximum atomic E-state index is 2.56. The summed E-state index contributed by atoms with van der Waals surface area (Å²) >= 11 is 7.46. The molecule has 8 heteroatoms. The fourth-order valence-corrected chi connectivity index (χ4v) is 17.9. The molecule has 0 saturated heterocycles. The number of rotatable bonds is 12. The SMILES string of the molecule is Cc1c(N(c2ccccc2)c2cc(N(c3ccccc3)c3sc4ccccc4c3C)c3ccc4c(N(c5ccccc5)c5sc6ccccc6c5C)cc(N(c5ccccc5)c5sc6ccccc6c5C)c5ccc2c3c54)sc2ccccc12. The number of nitrogens with zero attached hydrogens (tertiary/aromatic N) is 4. The highest BCUT2D eigenvalue weighted by Crippen LogP contribution is 2.59. The summed E-state index contributed by atoms with van der Waals surface area (Å²) in [6, 6.07) is 94.5. The number of aryl methyl sites for hydroxylation is 4. The minimum atomic E-state index is 1.10. The number of fused-ring (bicyclic) bond motifs is 4. The predicted octanol–water partition coefficient (Wildman–Crippen LogP) is 24.6. The van der Waals surface area contributed by atoms with E-state index in [-0.39, 0.29) is 0 Å². The molecule has 84 heavy (non-hydrogen) atoms. The lowest BCUT2D eigenvalue weighted by atomic mass is 9.89. The summed E-state index contributed by atoms with van der Waals surface area (Å²) in [5.74, 6) is 0. The van der Waals surface area contributed by atoms with Gasteiger partial charge in [-0.05, 0) is 156 Å². The highest BCUT2D eigenvalue weighted by Gasteiger charge is 2.32. The highest BCUT2D eigenvalue weighted by atomic mass is 32.1. The molecule has 402 valence electrons. The zero-order chi connectivity index (χ0) is 56.2. The average molecular weight is 1150 g/mol. The zero-order valence-corrected chi connectivity index (χ0v) is 49.9. The van der Waals surface area contributed by atoms with Crippen LogP contribution < -0.4 is 19.6 Å². The van der Waals surface area contributed by atoms with Crippen LogP contribution >= 0.6 is 45.3 Å². The van der Waals surface area contributed by atoms with Crippen LogP contribution in [-0.2, 0) is 0 Å². The zero-order valence-electron chi connectivity index (χ0n) is 46.7. The standard InChI is InChI=1S/C76H54N4S4/c1-47-55-33-17-21-37-67(55)81-73(47)77(51-25-9-5-10-26-51)63-45-64(78(52-27-11-6-12-28-52)74-48(2)56-34-18-22-38-68(56)82-74)60-43-44-62-66(80(54-31-15-8-16-32-54)76-50(4)58-36-20-24-40-70(58)84-76)46-65(61-42-41-59(63)71(60)72(61)62)79(53-29-13-7-14-30-53)75-49(3)57-35-19-23-39-69(57)83-75/h5-46H,1-4H3. The number of thiophene rings is 4. The van der Waals surface area contributed by atoms with E-state index >= 15 is 0 Å².